The number of carboxylic acid groups (broad SMARTS) is 1. The fourth-order valence-electron chi connectivity index (χ4n) is 6.36. The molecule has 1 aliphatic carbocycles. The van der Waals surface area contributed by atoms with Gasteiger partial charge in [-0.05, 0) is 80.6 Å². The van der Waals surface area contributed by atoms with Crippen LogP contribution in [-0.4, -0.2) is 33.3 Å². The first-order chi connectivity index (χ1) is 18.7. The van der Waals surface area contributed by atoms with E-state index in [4.69, 9.17) is 15.0 Å². The van der Waals surface area contributed by atoms with E-state index in [-0.39, 0.29) is 12.3 Å². The van der Waals surface area contributed by atoms with Gasteiger partial charge in [-0.2, -0.15) is 0 Å². The molecule has 0 aromatic heterocycles. The summed E-state index contributed by atoms with van der Waals surface area (Å²) < 4.78 is 0. The number of aliphatic hydroxyl groups excluding tert-OH is 1. The van der Waals surface area contributed by atoms with E-state index in [9.17, 15) is 15.0 Å². The largest absolute Gasteiger partial charge is 0.511 e. The zero-order valence-electron chi connectivity index (χ0n) is 22.8. The van der Waals surface area contributed by atoms with E-state index < -0.39 is 5.97 Å². The standard InChI is InChI=1S/C32H32N4O3/c1-6-20-15(3)23-11-19-10-18(8-9-29(38)39)31(33-19)22-12-28(37)30-17(5)25(36-32(22)30)14-27-21(7-2)16(4)24(35-27)13-26(20)34-23/h6,11,13-14,18,33,37H,1,7-10,12H2,2-5H3,(H,38,39)/t18-/m0/s1. The van der Waals surface area contributed by atoms with Crippen molar-refractivity contribution in [3.05, 3.63) is 104 Å². The number of carbonyl (C=O) groups is 1. The monoisotopic (exact) mass is 520 g/mol. The third kappa shape index (κ3) is 3.95. The molecule has 0 aromatic rings. The highest BCUT2D eigenvalue weighted by Gasteiger charge is 2.38. The Labute approximate surface area is 228 Å². The zero-order valence-corrected chi connectivity index (χ0v) is 22.8. The molecule has 0 radical (unpaired) electrons. The van der Waals surface area contributed by atoms with E-state index in [1.54, 1.807) is 0 Å². The average molecular weight is 521 g/mol. The van der Waals surface area contributed by atoms with Crippen LogP contribution in [0.25, 0.3) is 0 Å². The van der Waals surface area contributed by atoms with Crippen LogP contribution in [0.2, 0.25) is 0 Å². The molecule has 0 amide bonds. The SMILES string of the molecule is C=CC1=C(C)C2=NC1=CC1=NC(=CC3=C(C)C4=C(O)CC(=C5NC(=C2)C[C@@H]5CCC(=O)O)C4=N3)C(CC)=C1C. The molecule has 6 aliphatic rings. The van der Waals surface area contributed by atoms with Crippen LogP contribution in [0.3, 0.4) is 0 Å². The third-order valence-corrected chi connectivity index (χ3v) is 8.46. The van der Waals surface area contributed by atoms with Crippen molar-refractivity contribution < 1.29 is 15.0 Å². The van der Waals surface area contributed by atoms with Crippen molar-refractivity contribution in [2.45, 2.75) is 59.8 Å². The summed E-state index contributed by atoms with van der Waals surface area (Å²) in [4.78, 5) is 26.5. The van der Waals surface area contributed by atoms with Gasteiger partial charge >= 0.3 is 5.97 Å². The Bertz CT molecular complexity index is 1630. The highest BCUT2D eigenvalue weighted by Crippen LogP contribution is 2.45. The van der Waals surface area contributed by atoms with Gasteiger partial charge < -0.3 is 15.5 Å². The first-order valence-electron chi connectivity index (χ1n) is 13.5. The molecular weight excluding hydrogens is 488 g/mol. The summed E-state index contributed by atoms with van der Waals surface area (Å²) in [6.07, 6.45) is 10.4. The van der Waals surface area contributed by atoms with Crippen LogP contribution in [0.5, 0.6) is 0 Å². The summed E-state index contributed by atoms with van der Waals surface area (Å²) >= 11 is 0. The highest BCUT2D eigenvalue weighted by molar-refractivity contribution is 6.21. The van der Waals surface area contributed by atoms with Crippen molar-refractivity contribution in [2.75, 3.05) is 0 Å². The van der Waals surface area contributed by atoms with Crippen molar-refractivity contribution in [1.29, 1.82) is 0 Å². The summed E-state index contributed by atoms with van der Waals surface area (Å²) in [5.41, 5.74) is 13.9. The topological polar surface area (TPSA) is 107 Å². The molecule has 0 spiro atoms. The lowest BCUT2D eigenvalue weighted by Crippen LogP contribution is -2.15. The summed E-state index contributed by atoms with van der Waals surface area (Å²) in [6.45, 7) is 12.3. The molecule has 198 valence electrons. The number of rotatable bonds is 5. The molecule has 1 saturated heterocycles. The van der Waals surface area contributed by atoms with Gasteiger partial charge in [0.1, 0.15) is 5.76 Å². The Hall–Kier alpha value is -4.26. The number of hydrogen-bond donors (Lipinski definition) is 3. The Balaban J connectivity index is 1.59. The van der Waals surface area contributed by atoms with Crippen LogP contribution >= 0.6 is 0 Å². The van der Waals surface area contributed by atoms with Crippen molar-refractivity contribution in [2.24, 2.45) is 20.9 Å². The van der Waals surface area contributed by atoms with Crippen molar-refractivity contribution in [3.63, 3.8) is 0 Å². The number of aliphatic imine (C=N–C) groups is 3. The minimum Gasteiger partial charge on any atom is -0.511 e. The first kappa shape index (κ1) is 25.0. The number of fused-ring (bicyclic) bond motifs is 5. The summed E-state index contributed by atoms with van der Waals surface area (Å²) in [6, 6.07) is 0. The highest BCUT2D eigenvalue weighted by atomic mass is 16.4. The summed E-state index contributed by atoms with van der Waals surface area (Å²) in [7, 11) is 0. The second-order valence-electron chi connectivity index (χ2n) is 10.7. The molecule has 8 bridgehead atoms. The zero-order chi connectivity index (χ0) is 27.6. The van der Waals surface area contributed by atoms with Gasteiger partial charge in [-0.3, -0.25) is 4.79 Å². The van der Waals surface area contributed by atoms with Crippen LogP contribution in [0, 0.1) is 5.92 Å². The summed E-state index contributed by atoms with van der Waals surface area (Å²) in [5.74, 6) is -0.530. The van der Waals surface area contributed by atoms with Crippen molar-refractivity contribution in [1.82, 2.24) is 5.32 Å². The number of aliphatic hydroxyl groups is 1. The Morgan fingerprint density at radius 1 is 1.08 bits per heavy atom. The van der Waals surface area contributed by atoms with Gasteiger partial charge in [0.15, 0.2) is 0 Å². The third-order valence-electron chi connectivity index (χ3n) is 8.46. The van der Waals surface area contributed by atoms with Gasteiger partial charge in [-0.25, -0.2) is 15.0 Å². The number of allylic oxidation sites excluding steroid dienone is 12. The molecule has 39 heavy (non-hydrogen) atoms. The lowest BCUT2D eigenvalue weighted by Gasteiger charge is -2.14. The van der Waals surface area contributed by atoms with E-state index in [1.165, 1.54) is 5.57 Å². The number of aliphatic carboxylic acids is 1. The van der Waals surface area contributed by atoms with E-state index in [2.05, 4.69) is 31.8 Å². The maximum Gasteiger partial charge on any atom is 0.303 e. The molecule has 3 N–H and O–H groups in total. The first-order valence-corrected chi connectivity index (χ1v) is 13.5. The van der Waals surface area contributed by atoms with Gasteiger partial charge in [0.05, 0.1) is 34.2 Å². The fraction of sp³-hybridized carbons (Fsp3) is 0.312. The smallest absolute Gasteiger partial charge is 0.303 e. The molecule has 5 heterocycles. The van der Waals surface area contributed by atoms with Gasteiger partial charge in [0.25, 0.3) is 0 Å². The van der Waals surface area contributed by atoms with Crippen LogP contribution in [0.4, 0.5) is 0 Å². The minimum absolute atomic E-state index is 0.0189. The number of nitrogens with one attached hydrogen (secondary N) is 1. The number of nitrogens with zero attached hydrogens (tertiary/aromatic N) is 3. The number of carboxylic acids is 1. The van der Waals surface area contributed by atoms with Crippen LogP contribution in [0.1, 0.15) is 59.8 Å². The van der Waals surface area contributed by atoms with E-state index in [0.717, 1.165) is 85.5 Å². The average Bonchev–Trinajstić information content (AvgIpc) is 3.66. The van der Waals surface area contributed by atoms with Crippen LogP contribution in [-0.2, 0) is 4.79 Å². The molecule has 6 rings (SSSR count). The van der Waals surface area contributed by atoms with E-state index in [1.807, 2.05) is 32.1 Å². The molecule has 0 unspecified atom stereocenters. The molecule has 7 heteroatoms. The molecule has 1 atom stereocenters. The maximum atomic E-state index is 11.5. The second kappa shape index (κ2) is 9.19. The van der Waals surface area contributed by atoms with Gasteiger partial charge in [0.2, 0.25) is 0 Å². The molecule has 7 nitrogen and oxygen atoms in total. The molecular formula is C32H32N4O3. The van der Waals surface area contributed by atoms with Gasteiger partial charge in [0, 0.05) is 46.9 Å². The van der Waals surface area contributed by atoms with Gasteiger partial charge in [-0.15, -0.1) is 0 Å². The van der Waals surface area contributed by atoms with E-state index in [0.29, 0.717) is 25.0 Å². The van der Waals surface area contributed by atoms with Crippen LogP contribution in [0.15, 0.2) is 119 Å². The quantitative estimate of drug-likeness (QED) is 0.387. The lowest BCUT2D eigenvalue weighted by atomic mass is 9.93. The Morgan fingerprint density at radius 2 is 1.82 bits per heavy atom. The predicted molar refractivity (Wildman–Crippen MR) is 155 cm³/mol. The number of hydrogen-bond acceptors (Lipinski definition) is 6. The van der Waals surface area contributed by atoms with Crippen LogP contribution < -0.4 is 5.32 Å². The predicted octanol–water partition coefficient (Wildman–Crippen LogP) is 6.46. The van der Waals surface area contributed by atoms with Gasteiger partial charge in [-0.1, -0.05) is 19.6 Å². The van der Waals surface area contributed by atoms with E-state index >= 15 is 0 Å². The molecule has 1 fully saturated rings. The summed E-state index contributed by atoms with van der Waals surface area (Å²) in [5, 5.41) is 24.1. The van der Waals surface area contributed by atoms with Crippen molar-refractivity contribution in [3.8, 4) is 0 Å². The van der Waals surface area contributed by atoms with Crippen molar-refractivity contribution >= 4 is 23.1 Å². The molecule has 5 aliphatic heterocycles. The lowest BCUT2D eigenvalue weighted by molar-refractivity contribution is -0.137. The Kier molecular flexibility index (Phi) is 5.90. The molecule has 0 aromatic carbocycles. The minimum atomic E-state index is -0.816. The Morgan fingerprint density at radius 3 is 2.54 bits per heavy atom. The normalized spacial score (nSPS) is 23.7. The molecule has 0 saturated carbocycles. The fourth-order valence-corrected chi connectivity index (χ4v) is 6.36. The maximum absolute atomic E-state index is 11.5. The second-order valence-corrected chi connectivity index (χ2v) is 10.7.